The van der Waals surface area contributed by atoms with Crippen molar-refractivity contribution >= 4 is 21.6 Å². The van der Waals surface area contributed by atoms with Gasteiger partial charge in [-0.15, -0.1) is 0 Å². The summed E-state index contributed by atoms with van der Waals surface area (Å²) in [5.41, 5.74) is 0.526. The topological polar surface area (TPSA) is 70.0 Å². The average Bonchev–Trinajstić information content (AvgIpc) is 2.32. The van der Waals surface area contributed by atoms with E-state index in [0.29, 0.717) is 5.56 Å². The van der Waals surface area contributed by atoms with Gasteiger partial charge in [0.1, 0.15) is 5.82 Å². The first-order chi connectivity index (χ1) is 8.40. The van der Waals surface area contributed by atoms with E-state index in [4.69, 9.17) is 16.9 Å². The van der Waals surface area contributed by atoms with Gasteiger partial charge in [-0.05, 0) is 24.1 Å². The lowest BCUT2D eigenvalue weighted by molar-refractivity contribution is 0.572. The molecule has 0 aliphatic heterocycles. The Labute approximate surface area is 110 Å². The first-order valence-electron chi connectivity index (χ1n) is 5.22. The third-order valence-corrected chi connectivity index (χ3v) is 4.38. The average molecular weight is 291 g/mol. The standard InChI is InChI=1S/C11H12ClFN2O2S/c1-2-9(6-14)18(16,17)15-7-8-3-4-11(13)10(12)5-8/h3-5,9,15H,2,7H2,1H3. The van der Waals surface area contributed by atoms with Crippen LogP contribution in [0.3, 0.4) is 0 Å². The summed E-state index contributed by atoms with van der Waals surface area (Å²) in [6, 6.07) is 5.64. The van der Waals surface area contributed by atoms with Gasteiger partial charge in [-0.1, -0.05) is 24.6 Å². The maximum absolute atomic E-state index is 12.9. The maximum Gasteiger partial charge on any atom is 0.228 e. The number of nitrogens with zero attached hydrogens (tertiary/aromatic N) is 1. The van der Waals surface area contributed by atoms with Crippen LogP contribution in [0.25, 0.3) is 0 Å². The fourth-order valence-corrected chi connectivity index (χ4v) is 2.66. The minimum atomic E-state index is -3.69. The highest BCUT2D eigenvalue weighted by molar-refractivity contribution is 7.90. The first kappa shape index (κ1) is 14.9. The SMILES string of the molecule is CCC(C#N)S(=O)(=O)NCc1ccc(F)c(Cl)c1. The predicted octanol–water partition coefficient (Wildman–Crippen LogP) is 2.20. The summed E-state index contributed by atoms with van der Waals surface area (Å²) >= 11 is 5.58. The normalized spacial score (nSPS) is 13.0. The van der Waals surface area contributed by atoms with E-state index in [9.17, 15) is 12.8 Å². The minimum Gasteiger partial charge on any atom is -0.211 e. The van der Waals surface area contributed by atoms with Crippen molar-refractivity contribution in [3.05, 3.63) is 34.6 Å². The summed E-state index contributed by atoms with van der Waals surface area (Å²) in [4.78, 5) is 0. The summed E-state index contributed by atoms with van der Waals surface area (Å²) in [5, 5.41) is 7.54. The monoisotopic (exact) mass is 290 g/mol. The number of sulfonamides is 1. The third kappa shape index (κ3) is 3.67. The van der Waals surface area contributed by atoms with E-state index in [1.165, 1.54) is 12.1 Å². The molecule has 0 aliphatic carbocycles. The molecule has 0 spiro atoms. The van der Waals surface area contributed by atoms with E-state index in [1.807, 2.05) is 0 Å². The highest BCUT2D eigenvalue weighted by Gasteiger charge is 2.22. The molecular formula is C11H12ClFN2O2S. The van der Waals surface area contributed by atoms with E-state index in [0.717, 1.165) is 6.07 Å². The summed E-state index contributed by atoms with van der Waals surface area (Å²) in [6.45, 7) is 1.59. The number of nitriles is 1. The second kappa shape index (κ2) is 6.14. The second-order valence-electron chi connectivity index (χ2n) is 3.64. The summed E-state index contributed by atoms with van der Waals surface area (Å²) in [7, 11) is -3.69. The van der Waals surface area contributed by atoms with Crippen LogP contribution in [-0.4, -0.2) is 13.7 Å². The van der Waals surface area contributed by atoms with Crippen molar-refractivity contribution in [1.82, 2.24) is 4.72 Å². The number of halogens is 2. The van der Waals surface area contributed by atoms with Gasteiger partial charge in [0.05, 0.1) is 11.1 Å². The second-order valence-corrected chi connectivity index (χ2v) is 6.00. The molecule has 1 atom stereocenters. The molecule has 0 bridgehead atoms. The zero-order valence-electron chi connectivity index (χ0n) is 9.65. The number of hydrogen-bond donors (Lipinski definition) is 1. The van der Waals surface area contributed by atoms with Crippen LogP contribution in [0.5, 0.6) is 0 Å². The number of hydrogen-bond acceptors (Lipinski definition) is 3. The lowest BCUT2D eigenvalue weighted by Crippen LogP contribution is -2.32. The quantitative estimate of drug-likeness (QED) is 0.904. The van der Waals surface area contributed by atoms with Crippen LogP contribution in [0.4, 0.5) is 4.39 Å². The zero-order valence-corrected chi connectivity index (χ0v) is 11.2. The van der Waals surface area contributed by atoms with E-state index in [1.54, 1.807) is 13.0 Å². The Kier molecular flexibility index (Phi) is 5.08. The van der Waals surface area contributed by atoms with Gasteiger partial charge in [0.25, 0.3) is 0 Å². The summed E-state index contributed by atoms with van der Waals surface area (Å²) < 4.78 is 38.5. The van der Waals surface area contributed by atoms with E-state index in [2.05, 4.69) is 4.72 Å². The van der Waals surface area contributed by atoms with Crippen molar-refractivity contribution in [2.24, 2.45) is 0 Å². The zero-order chi connectivity index (χ0) is 13.8. The summed E-state index contributed by atoms with van der Waals surface area (Å²) in [6.07, 6.45) is 0.204. The van der Waals surface area contributed by atoms with Crippen molar-refractivity contribution in [2.75, 3.05) is 0 Å². The lowest BCUT2D eigenvalue weighted by Gasteiger charge is -2.10. The van der Waals surface area contributed by atoms with Crippen molar-refractivity contribution < 1.29 is 12.8 Å². The Balaban J connectivity index is 2.76. The first-order valence-corrected chi connectivity index (χ1v) is 7.15. The molecule has 98 valence electrons. The van der Waals surface area contributed by atoms with Crippen LogP contribution in [-0.2, 0) is 16.6 Å². The molecule has 18 heavy (non-hydrogen) atoms. The molecule has 0 heterocycles. The van der Waals surface area contributed by atoms with Gasteiger partial charge in [0.2, 0.25) is 10.0 Å². The lowest BCUT2D eigenvalue weighted by atomic mass is 10.2. The maximum atomic E-state index is 12.9. The molecule has 0 radical (unpaired) electrons. The molecule has 0 amide bonds. The van der Waals surface area contributed by atoms with Gasteiger partial charge in [0, 0.05) is 6.54 Å². The Hall–Kier alpha value is -1.16. The van der Waals surface area contributed by atoms with Gasteiger partial charge in [-0.2, -0.15) is 5.26 Å². The van der Waals surface area contributed by atoms with Crippen LogP contribution < -0.4 is 4.72 Å². The van der Waals surface area contributed by atoms with Crippen LogP contribution in [0, 0.1) is 17.1 Å². The van der Waals surface area contributed by atoms with Gasteiger partial charge < -0.3 is 0 Å². The molecule has 7 heteroatoms. The number of nitrogens with one attached hydrogen (secondary N) is 1. The molecule has 1 aromatic carbocycles. The number of rotatable bonds is 5. The van der Waals surface area contributed by atoms with Gasteiger partial charge in [-0.25, -0.2) is 17.5 Å². The van der Waals surface area contributed by atoms with E-state index >= 15 is 0 Å². The molecular weight excluding hydrogens is 279 g/mol. The van der Waals surface area contributed by atoms with Gasteiger partial charge in [0.15, 0.2) is 5.25 Å². The molecule has 0 aliphatic rings. The molecule has 4 nitrogen and oxygen atoms in total. The molecule has 0 aromatic heterocycles. The van der Waals surface area contributed by atoms with E-state index < -0.39 is 21.1 Å². The molecule has 0 saturated heterocycles. The van der Waals surface area contributed by atoms with Crippen LogP contribution in [0.2, 0.25) is 5.02 Å². The smallest absolute Gasteiger partial charge is 0.211 e. The number of benzene rings is 1. The highest BCUT2D eigenvalue weighted by atomic mass is 35.5. The predicted molar refractivity (Wildman–Crippen MR) is 66.9 cm³/mol. The van der Waals surface area contributed by atoms with E-state index in [-0.39, 0.29) is 18.0 Å². The molecule has 1 aromatic rings. The van der Waals surface area contributed by atoms with Gasteiger partial charge >= 0.3 is 0 Å². The largest absolute Gasteiger partial charge is 0.228 e. The van der Waals surface area contributed by atoms with Crippen LogP contribution >= 0.6 is 11.6 Å². The molecule has 0 saturated carbocycles. The molecule has 0 fully saturated rings. The van der Waals surface area contributed by atoms with Crippen molar-refractivity contribution in [3.63, 3.8) is 0 Å². The highest BCUT2D eigenvalue weighted by Crippen LogP contribution is 2.16. The van der Waals surface area contributed by atoms with Gasteiger partial charge in [-0.3, -0.25) is 0 Å². The Morgan fingerprint density at radius 2 is 2.22 bits per heavy atom. The minimum absolute atomic E-state index is 0.0273. The fraction of sp³-hybridized carbons (Fsp3) is 0.364. The van der Waals surface area contributed by atoms with Crippen LogP contribution in [0.15, 0.2) is 18.2 Å². The van der Waals surface area contributed by atoms with Crippen molar-refractivity contribution in [2.45, 2.75) is 25.1 Å². The van der Waals surface area contributed by atoms with Crippen molar-refractivity contribution in [1.29, 1.82) is 5.26 Å². The van der Waals surface area contributed by atoms with Crippen molar-refractivity contribution in [3.8, 4) is 6.07 Å². The fourth-order valence-electron chi connectivity index (χ4n) is 1.31. The Bertz CT molecular complexity index is 569. The molecule has 1 unspecified atom stereocenters. The Morgan fingerprint density at radius 3 is 2.72 bits per heavy atom. The summed E-state index contributed by atoms with van der Waals surface area (Å²) in [5.74, 6) is -0.563. The molecule has 1 rings (SSSR count). The van der Waals surface area contributed by atoms with Crippen LogP contribution in [0.1, 0.15) is 18.9 Å². The Morgan fingerprint density at radius 1 is 1.56 bits per heavy atom. The third-order valence-electron chi connectivity index (χ3n) is 2.35. The molecule has 1 N–H and O–H groups in total.